The van der Waals surface area contributed by atoms with Gasteiger partial charge < -0.3 is 15.4 Å². The van der Waals surface area contributed by atoms with Gasteiger partial charge in [-0.05, 0) is 38.2 Å². The summed E-state index contributed by atoms with van der Waals surface area (Å²) >= 11 is 0. The molecule has 0 bridgehead atoms. The zero-order valence-corrected chi connectivity index (χ0v) is 13.0. The Balaban J connectivity index is 1.94. The lowest BCUT2D eigenvalue weighted by molar-refractivity contribution is -0.134. The largest absolute Gasteiger partial charge is 0.385 e. The molecule has 1 saturated carbocycles. The van der Waals surface area contributed by atoms with Crippen LogP contribution in [0.3, 0.4) is 0 Å². The maximum absolute atomic E-state index is 12.6. The van der Waals surface area contributed by atoms with Gasteiger partial charge >= 0.3 is 0 Å². The van der Waals surface area contributed by atoms with Gasteiger partial charge in [0.25, 0.3) is 0 Å². The van der Waals surface area contributed by atoms with Gasteiger partial charge in [0.15, 0.2) is 0 Å². The van der Waals surface area contributed by atoms with Crippen LogP contribution in [0.5, 0.6) is 0 Å². The Morgan fingerprint density at radius 2 is 2.05 bits per heavy atom. The molecule has 0 spiro atoms. The van der Waals surface area contributed by atoms with Crippen LogP contribution in [-0.4, -0.2) is 36.6 Å². The average molecular weight is 290 g/mol. The van der Waals surface area contributed by atoms with E-state index in [9.17, 15) is 4.79 Å². The van der Waals surface area contributed by atoms with Crippen LogP contribution in [-0.2, 0) is 16.1 Å². The summed E-state index contributed by atoms with van der Waals surface area (Å²) in [6.45, 7) is 3.39. The van der Waals surface area contributed by atoms with E-state index in [1.165, 1.54) is 11.1 Å². The minimum atomic E-state index is -0.411. The fourth-order valence-corrected chi connectivity index (χ4v) is 2.45. The number of hydrogen-bond acceptors (Lipinski definition) is 3. The summed E-state index contributed by atoms with van der Waals surface area (Å²) in [4.78, 5) is 14.5. The van der Waals surface area contributed by atoms with E-state index in [0.717, 1.165) is 19.3 Å². The standard InChI is InChI=1S/C17H26N2O2/c1-13-5-7-14(8-6-13)12-19(15-9-10-15)17(20)16(18)4-3-11-21-2/h5-8,15-16H,3-4,9-12,18H2,1-2H3. The Morgan fingerprint density at radius 3 is 2.62 bits per heavy atom. The number of carbonyl (C=O) groups is 1. The lowest BCUT2D eigenvalue weighted by Crippen LogP contribution is -2.44. The first-order valence-corrected chi connectivity index (χ1v) is 7.72. The highest BCUT2D eigenvalue weighted by Gasteiger charge is 2.34. The van der Waals surface area contributed by atoms with Gasteiger partial charge in [0.05, 0.1) is 6.04 Å². The molecule has 1 unspecified atom stereocenters. The van der Waals surface area contributed by atoms with Crippen molar-refractivity contribution in [1.82, 2.24) is 4.90 Å². The normalized spacial score (nSPS) is 15.8. The first-order chi connectivity index (χ1) is 10.1. The lowest BCUT2D eigenvalue weighted by atomic mass is 10.1. The first-order valence-electron chi connectivity index (χ1n) is 7.72. The van der Waals surface area contributed by atoms with Gasteiger partial charge in [-0.25, -0.2) is 0 Å². The number of carbonyl (C=O) groups excluding carboxylic acids is 1. The highest BCUT2D eigenvalue weighted by molar-refractivity contribution is 5.82. The number of rotatable bonds is 8. The smallest absolute Gasteiger partial charge is 0.240 e. The number of nitrogens with two attached hydrogens (primary N) is 1. The molecule has 116 valence electrons. The molecule has 21 heavy (non-hydrogen) atoms. The second-order valence-electron chi connectivity index (χ2n) is 5.92. The molecular formula is C17H26N2O2. The Hall–Kier alpha value is -1.39. The highest BCUT2D eigenvalue weighted by Crippen LogP contribution is 2.29. The fraction of sp³-hybridized carbons (Fsp3) is 0.588. The number of nitrogens with zero attached hydrogens (tertiary/aromatic N) is 1. The van der Waals surface area contributed by atoms with Crippen molar-refractivity contribution in [3.8, 4) is 0 Å². The zero-order valence-electron chi connectivity index (χ0n) is 13.0. The quantitative estimate of drug-likeness (QED) is 0.747. The molecule has 1 aliphatic rings. The number of ether oxygens (including phenoxy) is 1. The average Bonchev–Trinajstić information content (AvgIpc) is 3.30. The summed E-state index contributed by atoms with van der Waals surface area (Å²) in [5, 5.41) is 0. The molecule has 0 aromatic heterocycles. The summed E-state index contributed by atoms with van der Waals surface area (Å²) in [6, 6.07) is 8.33. The van der Waals surface area contributed by atoms with Gasteiger partial charge in [-0.1, -0.05) is 29.8 Å². The van der Waals surface area contributed by atoms with E-state index in [2.05, 4.69) is 31.2 Å². The fourth-order valence-electron chi connectivity index (χ4n) is 2.45. The highest BCUT2D eigenvalue weighted by atomic mass is 16.5. The van der Waals surface area contributed by atoms with Crippen LogP contribution in [0.15, 0.2) is 24.3 Å². The summed E-state index contributed by atoms with van der Waals surface area (Å²) in [5.41, 5.74) is 8.46. The molecule has 1 fully saturated rings. The Bertz CT molecular complexity index is 454. The van der Waals surface area contributed by atoms with Crippen molar-refractivity contribution in [2.75, 3.05) is 13.7 Å². The van der Waals surface area contributed by atoms with Crippen LogP contribution < -0.4 is 5.73 Å². The van der Waals surface area contributed by atoms with E-state index in [0.29, 0.717) is 25.6 Å². The summed E-state index contributed by atoms with van der Waals surface area (Å²) in [7, 11) is 1.67. The van der Waals surface area contributed by atoms with E-state index in [-0.39, 0.29) is 5.91 Å². The molecule has 1 aromatic carbocycles. The van der Waals surface area contributed by atoms with Crippen molar-refractivity contribution in [2.24, 2.45) is 5.73 Å². The Morgan fingerprint density at radius 1 is 1.38 bits per heavy atom. The third kappa shape index (κ3) is 4.83. The molecule has 0 radical (unpaired) electrons. The Kier molecular flexibility index (Phi) is 5.76. The molecule has 1 aromatic rings. The van der Waals surface area contributed by atoms with Crippen molar-refractivity contribution in [3.05, 3.63) is 35.4 Å². The first kappa shape index (κ1) is 16.0. The van der Waals surface area contributed by atoms with Crippen molar-refractivity contribution in [1.29, 1.82) is 0 Å². The topological polar surface area (TPSA) is 55.6 Å². The van der Waals surface area contributed by atoms with Crippen LogP contribution in [0.4, 0.5) is 0 Å². The Labute approximate surface area is 127 Å². The molecule has 1 aliphatic carbocycles. The molecule has 2 N–H and O–H groups in total. The molecule has 1 atom stereocenters. The van der Waals surface area contributed by atoms with Gasteiger partial charge in [0, 0.05) is 26.3 Å². The van der Waals surface area contributed by atoms with Crippen molar-refractivity contribution < 1.29 is 9.53 Å². The van der Waals surface area contributed by atoms with Crippen LogP contribution in [0.25, 0.3) is 0 Å². The van der Waals surface area contributed by atoms with Crippen LogP contribution >= 0.6 is 0 Å². The zero-order chi connectivity index (χ0) is 15.2. The minimum Gasteiger partial charge on any atom is -0.385 e. The van der Waals surface area contributed by atoms with E-state index in [4.69, 9.17) is 10.5 Å². The van der Waals surface area contributed by atoms with Gasteiger partial charge in [-0.3, -0.25) is 4.79 Å². The summed E-state index contributed by atoms with van der Waals surface area (Å²) in [5.74, 6) is 0.0779. The number of benzene rings is 1. The molecule has 0 saturated heterocycles. The number of amides is 1. The van der Waals surface area contributed by atoms with Gasteiger partial charge in [0.2, 0.25) is 5.91 Å². The second-order valence-corrected chi connectivity index (χ2v) is 5.92. The molecule has 4 nitrogen and oxygen atoms in total. The monoisotopic (exact) mass is 290 g/mol. The predicted molar refractivity (Wildman–Crippen MR) is 83.8 cm³/mol. The number of methoxy groups -OCH3 is 1. The van der Waals surface area contributed by atoms with Crippen LogP contribution in [0.2, 0.25) is 0 Å². The maximum atomic E-state index is 12.6. The van der Waals surface area contributed by atoms with E-state index >= 15 is 0 Å². The summed E-state index contributed by atoms with van der Waals surface area (Å²) in [6.07, 6.45) is 3.71. The molecule has 2 rings (SSSR count). The van der Waals surface area contributed by atoms with Gasteiger partial charge in [-0.2, -0.15) is 0 Å². The van der Waals surface area contributed by atoms with E-state index in [1.807, 2.05) is 4.90 Å². The molecule has 0 aliphatic heterocycles. The van der Waals surface area contributed by atoms with Gasteiger partial charge in [-0.15, -0.1) is 0 Å². The van der Waals surface area contributed by atoms with E-state index < -0.39 is 6.04 Å². The minimum absolute atomic E-state index is 0.0779. The molecule has 4 heteroatoms. The molecule has 1 amide bonds. The second kappa shape index (κ2) is 7.57. The van der Waals surface area contributed by atoms with Crippen LogP contribution in [0.1, 0.15) is 36.8 Å². The van der Waals surface area contributed by atoms with Gasteiger partial charge in [0.1, 0.15) is 0 Å². The predicted octanol–water partition coefficient (Wildman–Crippen LogP) is 2.24. The third-order valence-electron chi connectivity index (χ3n) is 3.93. The molecule has 0 heterocycles. The van der Waals surface area contributed by atoms with Crippen LogP contribution in [0, 0.1) is 6.92 Å². The maximum Gasteiger partial charge on any atom is 0.240 e. The number of aryl methyl sites for hydroxylation is 1. The van der Waals surface area contributed by atoms with Crippen molar-refractivity contribution in [2.45, 2.75) is 51.2 Å². The lowest BCUT2D eigenvalue weighted by Gasteiger charge is -2.26. The van der Waals surface area contributed by atoms with E-state index in [1.54, 1.807) is 7.11 Å². The third-order valence-corrected chi connectivity index (χ3v) is 3.93. The van der Waals surface area contributed by atoms with Crippen molar-refractivity contribution >= 4 is 5.91 Å². The van der Waals surface area contributed by atoms with Crippen molar-refractivity contribution in [3.63, 3.8) is 0 Å². The molecular weight excluding hydrogens is 264 g/mol. The number of hydrogen-bond donors (Lipinski definition) is 1. The SMILES string of the molecule is COCCCC(N)C(=O)N(Cc1ccc(C)cc1)C1CC1. The summed E-state index contributed by atoms with van der Waals surface area (Å²) < 4.78 is 5.02.